The van der Waals surface area contributed by atoms with E-state index in [9.17, 15) is 9.59 Å². The van der Waals surface area contributed by atoms with E-state index >= 15 is 0 Å². The predicted octanol–water partition coefficient (Wildman–Crippen LogP) is 10.6. The fourth-order valence-electron chi connectivity index (χ4n) is 4.16. The first kappa shape index (κ1) is 36.8. The zero-order chi connectivity index (χ0) is 27.0. The van der Waals surface area contributed by atoms with Crippen LogP contribution in [0.15, 0.2) is 12.2 Å². The highest BCUT2D eigenvalue weighted by molar-refractivity contribution is 5.69. The third-order valence-electron chi connectivity index (χ3n) is 6.44. The summed E-state index contributed by atoms with van der Waals surface area (Å²) >= 11 is 0. The van der Waals surface area contributed by atoms with Crippen LogP contribution < -0.4 is 0 Å². The van der Waals surface area contributed by atoms with E-state index in [1.54, 1.807) is 0 Å². The van der Waals surface area contributed by atoms with Crippen LogP contribution in [0.2, 0.25) is 0 Å². The molecule has 0 aliphatic carbocycles. The highest BCUT2D eigenvalue weighted by Gasteiger charge is 2.00. The number of allylic oxidation sites excluding steroid dienone is 2. The number of unbranched alkanes of at least 4 members (excludes halogenated alkanes) is 19. The van der Waals surface area contributed by atoms with Crippen LogP contribution in [0, 0.1) is 0 Å². The van der Waals surface area contributed by atoms with Crippen molar-refractivity contribution in [3.8, 4) is 0 Å². The first-order valence-electron chi connectivity index (χ1n) is 15.6. The van der Waals surface area contributed by atoms with Crippen molar-refractivity contribution >= 4 is 11.9 Å². The second-order valence-corrected chi connectivity index (χ2v) is 10.1. The second-order valence-electron chi connectivity index (χ2n) is 10.1. The van der Waals surface area contributed by atoms with Gasteiger partial charge >= 0.3 is 11.9 Å². The molecule has 0 aromatic rings. The minimum Gasteiger partial charge on any atom is -0.481 e. The molecular weight excluding hydrogens is 448 g/mol. The highest BCUT2D eigenvalue weighted by atomic mass is 16.5. The number of carboxylic acids is 1. The van der Waals surface area contributed by atoms with Crippen molar-refractivity contribution in [2.75, 3.05) is 6.61 Å². The molecule has 0 aromatic heterocycles. The summed E-state index contributed by atoms with van der Waals surface area (Å²) in [5, 5.41) is 8.41. The van der Waals surface area contributed by atoms with E-state index in [2.05, 4.69) is 26.0 Å². The molecule has 0 rings (SSSR count). The molecule has 4 heteroatoms. The molecule has 0 radical (unpaired) electrons. The van der Waals surface area contributed by atoms with Crippen molar-refractivity contribution in [3.63, 3.8) is 0 Å². The average Bonchev–Trinajstić information content (AvgIpc) is 2.86. The van der Waals surface area contributed by atoms with Gasteiger partial charge < -0.3 is 9.84 Å². The fourth-order valence-corrected chi connectivity index (χ4v) is 4.16. The summed E-state index contributed by atoms with van der Waals surface area (Å²) < 4.78 is 4.91. The molecule has 0 unspecified atom stereocenters. The Morgan fingerprint density at radius 2 is 0.889 bits per heavy atom. The lowest BCUT2D eigenvalue weighted by atomic mass is 10.1. The monoisotopic (exact) mass is 510 g/mol. The molecule has 0 spiro atoms. The number of ether oxygens (including phenoxy) is 1. The minimum absolute atomic E-state index is 0.0415. The van der Waals surface area contributed by atoms with E-state index in [1.807, 2.05) is 6.92 Å². The summed E-state index contributed by atoms with van der Waals surface area (Å²) in [4.78, 5) is 21.4. The topological polar surface area (TPSA) is 63.6 Å². The van der Waals surface area contributed by atoms with Crippen LogP contribution in [0.3, 0.4) is 0 Å². The Morgan fingerprint density at radius 1 is 0.528 bits per heavy atom. The molecule has 1 N–H and O–H groups in total. The normalized spacial score (nSPS) is 10.9. The molecule has 0 saturated heterocycles. The van der Waals surface area contributed by atoms with Crippen molar-refractivity contribution in [1.82, 2.24) is 0 Å². The molecular formula is C32H62O4. The van der Waals surface area contributed by atoms with E-state index in [1.165, 1.54) is 116 Å². The fraction of sp³-hybridized carbons (Fsp3) is 0.875. The minimum atomic E-state index is -0.659. The summed E-state index contributed by atoms with van der Waals surface area (Å²) in [5.74, 6) is -0.701. The molecule has 4 nitrogen and oxygen atoms in total. The predicted molar refractivity (Wildman–Crippen MR) is 156 cm³/mol. The van der Waals surface area contributed by atoms with Gasteiger partial charge in [0, 0.05) is 12.8 Å². The molecule has 0 amide bonds. The standard InChI is InChI=1S/C20H38O2.C12H24O2/c1-3-5-6-7-8-9-10-11-12-13-14-15-16-17-18-19-20(21)22-4-2;1-2-3-4-5-6-7-8-9-10-11-12(13)14/h11-12H,3-10,13-19H2,1-2H3;2-11H2,1H3,(H,13,14)/b12-11-;. The maximum absolute atomic E-state index is 11.1. The van der Waals surface area contributed by atoms with E-state index in [0.29, 0.717) is 19.4 Å². The summed E-state index contributed by atoms with van der Waals surface area (Å²) in [5.41, 5.74) is 0. The third-order valence-corrected chi connectivity index (χ3v) is 6.44. The molecule has 0 bridgehead atoms. The number of carboxylic acid groups (broad SMARTS) is 1. The Kier molecular flexibility index (Phi) is 34.5. The molecule has 36 heavy (non-hydrogen) atoms. The van der Waals surface area contributed by atoms with E-state index < -0.39 is 5.97 Å². The van der Waals surface area contributed by atoms with Gasteiger partial charge in [0.25, 0.3) is 0 Å². The van der Waals surface area contributed by atoms with Gasteiger partial charge in [-0.05, 0) is 45.4 Å². The number of carbonyl (C=O) groups is 2. The van der Waals surface area contributed by atoms with E-state index in [4.69, 9.17) is 9.84 Å². The van der Waals surface area contributed by atoms with Crippen LogP contribution in [0.5, 0.6) is 0 Å². The Bertz CT molecular complexity index is 473. The van der Waals surface area contributed by atoms with Gasteiger partial charge in [-0.15, -0.1) is 0 Å². The lowest BCUT2D eigenvalue weighted by Crippen LogP contribution is -2.03. The van der Waals surface area contributed by atoms with E-state index in [-0.39, 0.29) is 5.97 Å². The zero-order valence-electron chi connectivity index (χ0n) is 24.5. The van der Waals surface area contributed by atoms with Crippen LogP contribution in [0.25, 0.3) is 0 Å². The number of esters is 1. The summed E-state index contributed by atoms with van der Waals surface area (Å²) in [6.45, 7) is 6.86. The maximum Gasteiger partial charge on any atom is 0.305 e. The molecule has 0 saturated carbocycles. The van der Waals surface area contributed by atoms with Crippen LogP contribution in [0.1, 0.15) is 175 Å². The Labute approximate surface area is 225 Å². The van der Waals surface area contributed by atoms with Gasteiger partial charge in [-0.2, -0.15) is 0 Å². The number of aliphatic carboxylic acids is 1. The lowest BCUT2D eigenvalue weighted by Gasteiger charge is -2.01. The molecule has 0 aliphatic heterocycles. The first-order chi connectivity index (χ1) is 17.6. The van der Waals surface area contributed by atoms with Crippen molar-refractivity contribution < 1.29 is 19.4 Å². The third kappa shape index (κ3) is 37.2. The Morgan fingerprint density at radius 3 is 1.28 bits per heavy atom. The smallest absolute Gasteiger partial charge is 0.305 e. The first-order valence-corrected chi connectivity index (χ1v) is 15.6. The largest absolute Gasteiger partial charge is 0.481 e. The lowest BCUT2D eigenvalue weighted by molar-refractivity contribution is -0.143. The molecule has 0 atom stereocenters. The molecule has 0 heterocycles. The van der Waals surface area contributed by atoms with Gasteiger partial charge in [0.05, 0.1) is 6.61 Å². The van der Waals surface area contributed by atoms with Crippen LogP contribution in [0.4, 0.5) is 0 Å². The van der Waals surface area contributed by atoms with Gasteiger partial charge in [0.15, 0.2) is 0 Å². The van der Waals surface area contributed by atoms with Crippen molar-refractivity contribution in [2.45, 2.75) is 175 Å². The number of hydrogen-bond acceptors (Lipinski definition) is 3. The van der Waals surface area contributed by atoms with Gasteiger partial charge in [-0.25, -0.2) is 0 Å². The zero-order valence-corrected chi connectivity index (χ0v) is 24.5. The summed E-state index contributed by atoms with van der Waals surface area (Å²) in [6.07, 6.45) is 33.5. The van der Waals surface area contributed by atoms with Gasteiger partial charge in [0.1, 0.15) is 0 Å². The number of rotatable bonds is 26. The summed E-state index contributed by atoms with van der Waals surface area (Å²) in [6, 6.07) is 0. The van der Waals surface area contributed by atoms with Crippen molar-refractivity contribution in [1.29, 1.82) is 0 Å². The SMILES string of the molecule is CCCCCCCC/C=C\CCCCCCCC(=O)OCC.CCCCCCCCCCCC(=O)O. The quantitative estimate of drug-likeness (QED) is 0.0714. The van der Waals surface area contributed by atoms with Gasteiger partial charge in [-0.3, -0.25) is 9.59 Å². The molecule has 0 fully saturated rings. The second kappa shape index (κ2) is 33.7. The average molecular weight is 511 g/mol. The summed E-state index contributed by atoms with van der Waals surface area (Å²) in [7, 11) is 0. The van der Waals surface area contributed by atoms with Gasteiger partial charge in [-0.1, -0.05) is 129 Å². The van der Waals surface area contributed by atoms with Crippen molar-refractivity contribution in [3.05, 3.63) is 12.2 Å². The maximum atomic E-state index is 11.1. The number of hydrogen-bond donors (Lipinski definition) is 1. The molecule has 0 aliphatic rings. The van der Waals surface area contributed by atoms with Crippen molar-refractivity contribution in [2.24, 2.45) is 0 Å². The highest BCUT2D eigenvalue weighted by Crippen LogP contribution is 2.11. The van der Waals surface area contributed by atoms with E-state index in [0.717, 1.165) is 25.7 Å². The number of carbonyl (C=O) groups excluding carboxylic acids is 1. The van der Waals surface area contributed by atoms with Crippen LogP contribution in [-0.2, 0) is 14.3 Å². The molecule has 214 valence electrons. The Balaban J connectivity index is 0. The van der Waals surface area contributed by atoms with Crippen LogP contribution in [-0.4, -0.2) is 23.7 Å². The van der Waals surface area contributed by atoms with Crippen LogP contribution >= 0.6 is 0 Å². The Hall–Kier alpha value is -1.32. The molecule has 0 aromatic carbocycles. The van der Waals surface area contributed by atoms with Gasteiger partial charge in [0.2, 0.25) is 0 Å².